The van der Waals surface area contributed by atoms with E-state index in [-0.39, 0.29) is 30.1 Å². The lowest BCUT2D eigenvalue weighted by Crippen LogP contribution is -2.40. The summed E-state index contributed by atoms with van der Waals surface area (Å²) in [5, 5.41) is 2.84. The monoisotopic (exact) mass is 456 g/mol. The molecular weight excluding hydrogens is 432 g/mol. The SMILES string of the molecule is COc1ccc(S(=O)(=O)N2CCOCC2)cc1C(=O)NCc1ccc(-n2ccnc2)cc1. The fraction of sp³-hybridized carbons (Fsp3) is 0.273. The predicted molar refractivity (Wildman–Crippen MR) is 117 cm³/mol. The quantitative estimate of drug-likeness (QED) is 0.582. The number of carbonyl (C=O) groups is 1. The Morgan fingerprint density at radius 3 is 2.56 bits per heavy atom. The third-order valence-corrected chi connectivity index (χ3v) is 7.11. The van der Waals surface area contributed by atoms with Gasteiger partial charge in [0.25, 0.3) is 5.91 Å². The van der Waals surface area contributed by atoms with Gasteiger partial charge in [0.05, 0.1) is 37.1 Å². The molecule has 9 nitrogen and oxygen atoms in total. The number of morpholine rings is 1. The minimum Gasteiger partial charge on any atom is -0.496 e. The molecule has 1 saturated heterocycles. The lowest BCUT2D eigenvalue weighted by atomic mass is 10.1. The molecule has 0 atom stereocenters. The molecule has 2 aromatic carbocycles. The zero-order valence-electron chi connectivity index (χ0n) is 17.6. The number of ether oxygens (including phenoxy) is 2. The molecule has 32 heavy (non-hydrogen) atoms. The average Bonchev–Trinajstić information content (AvgIpc) is 3.38. The van der Waals surface area contributed by atoms with E-state index in [2.05, 4.69) is 10.3 Å². The van der Waals surface area contributed by atoms with Crippen molar-refractivity contribution in [3.63, 3.8) is 0 Å². The van der Waals surface area contributed by atoms with Crippen LogP contribution < -0.4 is 10.1 Å². The van der Waals surface area contributed by atoms with Crippen molar-refractivity contribution in [3.05, 3.63) is 72.3 Å². The molecule has 1 aromatic heterocycles. The largest absolute Gasteiger partial charge is 0.496 e. The van der Waals surface area contributed by atoms with E-state index in [4.69, 9.17) is 9.47 Å². The van der Waals surface area contributed by atoms with Crippen LogP contribution >= 0.6 is 0 Å². The molecule has 0 saturated carbocycles. The second kappa shape index (κ2) is 9.51. The zero-order valence-corrected chi connectivity index (χ0v) is 18.4. The number of rotatable bonds is 7. The molecule has 1 amide bonds. The number of benzene rings is 2. The first-order valence-electron chi connectivity index (χ1n) is 10.1. The minimum atomic E-state index is -3.73. The zero-order chi connectivity index (χ0) is 22.6. The van der Waals surface area contributed by atoms with Gasteiger partial charge in [0.2, 0.25) is 10.0 Å². The highest BCUT2D eigenvalue weighted by Crippen LogP contribution is 2.25. The Hall–Kier alpha value is -3.21. The maximum Gasteiger partial charge on any atom is 0.255 e. The minimum absolute atomic E-state index is 0.0510. The molecule has 4 rings (SSSR count). The van der Waals surface area contributed by atoms with Gasteiger partial charge in [0.1, 0.15) is 5.75 Å². The van der Waals surface area contributed by atoms with Crippen LogP contribution in [0.3, 0.4) is 0 Å². The number of imidazole rings is 1. The standard InChI is InChI=1S/C22H24N4O5S/c1-30-21-7-6-19(32(28,29)26-10-12-31-13-11-26)14-20(21)22(27)24-15-17-2-4-18(5-3-17)25-9-8-23-16-25/h2-9,14,16H,10-13,15H2,1H3,(H,24,27). The number of amides is 1. The van der Waals surface area contributed by atoms with Crippen LogP contribution in [0.25, 0.3) is 5.69 Å². The molecule has 1 N–H and O–H groups in total. The first kappa shape index (κ1) is 22.0. The van der Waals surface area contributed by atoms with Gasteiger partial charge in [0.15, 0.2) is 0 Å². The maximum absolute atomic E-state index is 13.0. The highest BCUT2D eigenvalue weighted by molar-refractivity contribution is 7.89. The molecular formula is C22H24N4O5S. The first-order chi connectivity index (χ1) is 15.5. The number of carbonyl (C=O) groups excluding carboxylic acids is 1. The van der Waals surface area contributed by atoms with Gasteiger partial charge < -0.3 is 19.4 Å². The molecule has 3 aromatic rings. The van der Waals surface area contributed by atoms with Crippen LogP contribution in [-0.4, -0.2) is 61.6 Å². The fourth-order valence-electron chi connectivity index (χ4n) is 3.44. The summed E-state index contributed by atoms with van der Waals surface area (Å²) >= 11 is 0. The van der Waals surface area contributed by atoms with Crippen LogP contribution in [0.1, 0.15) is 15.9 Å². The van der Waals surface area contributed by atoms with Crippen LogP contribution in [0.15, 0.2) is 66.1 Å². The van der Waals surface area contributed by atoms with Crippen molar-refractivity contribution in [3.8, 4) is 11.4 Å². The van der Waals surface area contributed by atoms with Crippen LogP contribution in [0, 0.1) is 0 Å². The first-order valence-corrected chi connectivity index (χ1v) is 11.5. The van der Waals surface area contributed by atoms with E-state index >= 15 is 0 Å². The number of aromatic nitrogens is 2. The van der Waals surface area contributed by atoms with Crippen molar-refractivity contribution < 1.29 is 22.7 Å². The number of hydrogen-bond donors (Lipinski definition) is 1. The van der Waals surface area contributed by atoms with Crippen LogP contribution in [0.4, 0.5) is 0 Å². The lowest BCUT2D eigenvalue weighted by molar-refractivity contribution is 0.0730. The summed E-state index contributed by atoms with van der Waals surface area (Å²) in [6.45, 7) is 1.55. The molecule has 2 heterocycles. The second-order valence-corrected chi connectivity index (χ2v) is 9.14. The Bertz CT molecular complexity index is 1170. The summed E-state index contributed by atoms with van der Waals surface area (Å²) in [7, 11) is -2.28. The summed E-state index contributed by atoms with van der Waals surface area (Å²) in [4.78, 5) is 17.0. The van der Waals surface area contributed by atoms with E-state index in [1.54, 1.807) is 12.5 Å². The number of sulfonamides is 1. The molecule has 0 radical (unpaired) electrons. The molecule has 0 spiro atoms. The Morgan fingerprint density at radius 1 is 1.16 bits per heavy atom. The molecule has 1 aliphatic rings. The van der Waals surface area contributed by atoms with E-state index in [1.807, 2.05) is 35.0 Å². The predicted octanol–water partition coefficient (Wildman–Crippen LogP) is 1.83. The summed E-state index contributed by atoms with van der Waals surface area (Å²) in [5.41, 5.74) is 2.02. The second-order valence-electron chi connectivity index (χ2n) is 7.20. The van der Waals surface area contributed by atoms with Crippen molar-refractivity contribution in [2.45, 2.75) is 11.4 Å². The maximum atomic E-state index is 13.0. The van der Waals surface area contributed by atoms with Gasteiger partial charge >= 0.3 is 0 Å². The molecule has 10 heteroatoms. The molecule has 168 valence electrons. The summed E-state index contributed by atoms with van der Waals surface area (Å²) < 4.78 is 39.7. The van der Waals surface area contributed by atoms with E-state index in [9.17, 15) is 13.2 Å². The number of nitrogens with zero attached hydrogens (tertiary/aromatic N) is 3. The topological polar surface area (TPSA) is 103 Å². The van der Waals surface area contributed by atoms with Crippen molar-refractivity contribution in [1.82, 2.24) is 19.2 Å². The summed E-state index contributed by atoms with van der Waals surface area (Å²) in [6, 6.07) is 12.0. The van der Waals surface area contributed by atoms with Crippen molar-refractivity contribution in [2.24, 2.45) is 0 Å². The Balaban J connectivity index is 1.49. The third-order valence-electron chi connectivity index (χ3n) is 5.22. The molecule has 0 bridgehead atoms. The van der Waals surface area contributed by atoms with Gasteiger partial charge in [0, 0.05) is 37.7 Å². The van der Waals surface area contributed by atoms with Crippen molar-refractivity contribution in [2.75, 3.05) is 33.4 Å². The molecule has 0 unspecified atom stereocenters. The smallest absolute Gasteiger partial charge is 0.255 e. The fourth-order valence-corrected chi connectivity index (χ4v) is 4.87. The van der Waals surface area contributed by atoms with Crippen LogP contribution in [0.2, 0.25) is 0 Å². The highest BCUT2D eigenvalue weighted by atomic mass is 32.2. The van der Waals surface area contributed by atoms with E-state index in [0.717, 1.165) is 11.3 Å². The Morgan fingerprint density at radius 2 is 1.91 bits per heavy atom. The van der Waals surface area contributed by atoms with Gasteiger partial charge in [-0.25, -0.2) is 13.4 Å². The van der Waals surface area contributed by atoms with Crippen LogP contribution in [0.5, 0.6) is 5.75 Å². The van der Waals surface area contributed by atoms with Gasteiger partial charge in [-0.2, -0.15) is 4.31 Å². The Labute approximate surface area is 186 Å². The molecule has 0 aliphatic carbocycles. The van der Waals surface area contributed by atoms with E-state index < -0.39 is 15.9 Å². The number of nitrogens with one attached hydrogen (secondary N) is 1. The van der Waals surface area contributed by atoms with E-state index in [1.165, 1.54) is 29.6 Å². The normalized spacial score (nSPS) is 14.8. The Kier molecular flexibility index (Phi) is 6.54. The summed E-state index contributed by atoms with van der Waals surface area (Å²) in [6.07, 6.45) is 5.26. The highest BCUT2D eigenvalue weighted by Gasteiger charge is 2.28. The van der Waals surface area contributed by atoms with Crippen molar-refractivity contribution >= 4 is 15.9 Å². The van der Waals surface area contributed by atoms with Gasteiger partial charge in [-0.05, 0) is 35.9 Å². The number of hydrogen-bond acceptors (Lipinski definition) is 6. The average molecular weight is 457 g/mol. The summed E-state index contributed by atoms with van der Waals surface area (Å²) in [5.74, 6) is -0.113. The third kappa shape index (κ3) is 4.67. The van der Waals surface area contributed by atoms with Gasteiger partial charge in [-0.3, -0.25) is 4.79 Å². The van der Waals surface area contributed by atoms with E-state index in [0.29, 0.717) is 19.0 Å². The van der Waals surface area contributed by atoms with Gasteiger partial charge in [-0.1, -0.05) is 12.1 Å². The lowest BCUT2D eigenvalue weighted by Gasteiger charge is -2.26. The van der Waals surface area contributed by atoms with Crippen LogP contribution in [-0.2, 0) is 21.3 Å². The molecule has 1 aliphatic heterocycles. The number of methoxy groups -OCH3 is 1. The van der Waals surface area contributed by atoms with Crippen molar-refractivity contribution in [1.29, 1.82) is 0 Å². The van der Waals surface area contributed by atoms with Gasteiger partial charge in [-0.15, -0.1) is 0 Å². The molecule has 1 fully saturated rings.